The van der Waals surface area contributed by atoms with Crippen LogP contribution in [0.25, 0.3) is 0 Å². The smallest absolute Gasteiger partial charge is 0.480 e. The Morgan fingerprint density at radius 2 is 1.03 bits per heavy atom. The van der Waals surface area contributed by atoms with Crippen molar-refractivity contribution in [2.45, 2.75) is 161 Å². The Balaban J connectivity index is 1.39. The quantitative estimate of drug-likeness (QED) is 0.0125. The van der Waals surface area contributed by atoms with Gasteiger partial charge in [0.15, 0.2) is 18.3 Å². The lowest BCUT2D eigenvalue weighted by Crippen LogP contribution is -2.65. The Hall–Kier alpha value is -9.17. The molecule has 0 aliphatic carbocycles. The number of esters is 2. The Morgan fingerprint density at radius 3 is 1.49 bits per heavy atom. The van der Waals surface area contributed by atoms with E-state index in [1.807, 2.05) is 0 Å². The van der Waals surface area contributed by atoms with Crippen molar-refractivity contribution < 1.29 is 143 Å². The number of carbonyl (C=O) groups excluding carboxylic acids is 11. The van der Waals surface area contributed by atoms with E-state index in [0.29, 0.717) is 26.4 Å². The molecule has 7 amide bonds. The second-order valence-electron chi connectivity index (χ2n) is 26.5. The Labute approximate surface area is 614 Å². The van der Waals surface area contributed by atoms with Gasteiger partial charge in [-0.1, -0.05) is 12.8 Å². The van der Waals surface area contributed by atoms with Gasteiger partial charge in [0.05, 0.1) is 111 Å². The third-order valence-electron chi connectivity index (χ3n) is 14.4. The lowest BCUT2D eigenvalue weighted by atomic mass is 9.87. The summed E-state index contributed by atoms with van der Waals surface area (Å²) in [5.74, 6) is -3.63. The average molecular weight is 1510 g/mol. The molecule has 0 spiro atoms. The number of terminal acetylenes is 1. The zero-order chi connectivity index (χ0) is 78.6. The number of ether oxygens (including phenoxy) is 19. The summed E-state index contributed by atoms with van der Waals surface area (Å²) in [7, 11) is 2.20. The van der Waals surface area contributed by atoms with Gasteiger partial charge >= 0.3 is 42.5 Å². The van der Waals surface area contributed by atoms with E-state index in [-0.39, 0.29) is 110 Å². The third kappa shape index (κ3) is 34.8. The second kappa shape index (κ2) is 45.4. The summed E-state index contributed by atoms with van der Waals surface area (Å²) < 4.78 is 105. The van der Waals surface area contributed by atoms with Crippen molar-refractivity contribution in [1.29, 1.82) is 0 Å². The summed E-state index contributed by atoms with van der Waals surface area (Å²) in [6.07, 6.45) is -5.27. The van der Waals surface area contributed by atoms with Gasteiger partial charge in [-0.2, -0.15) is 4.99 Å². The normalized spacial score (nSPS) is 20.8. The van der Waals surface area contributed by atoms with Crippen LogP contribution in [0.3, 0.4) is 0 Å². The molecule has 39 nitrogen and oxygen atoms in total. The summed E-state index contributed by atoms with van der Waals surface area (Å²) in [4.78, 5) is 152. The van der Waals surface area contributed by atoms with Crippen molar-refractivity contribution in [3.63, 3.8) is 0 Å². The van der Waals surface area contributed by atoms with Crippen molar-refractivity contribution in [3.8, 4) is 12.3 Å². The summed E-state index contributed by atoms with van der Waals surface area (Å²) in [6, 6.07) is -3.45. The number of rotatable bonds is 40. The van der Waals surface area contributed by atoms with Gasteiger partial charge in [-0.25, -0.2) is 33.6 Å². The van der Waals surface area contributed by atoms with Gasteiger partial charge in [-0.05, 0) is 81.4 Å². The molecule has 0 aromatic carbocycles. The molecule has 0 aromatic heterocycles. The maximum atomic E-state index is 13.7. The minimum Gasteiger partial charge on any atom is -0.480 e. The van der Waals surface area contributed by atoms with Crippen LogP contribution in [-0.2, 0) is 119 Å². The number of hydrogen-bond donors (Lipinski definition) is 6. The van der Waals surface area contributed by atoms with E-state index in [9.17, 15) is 52.7 Å². The number of alkyl carbamates (subject to hydrolysis) is 1. The number of carbonyl (C=O) groups is 11. The fourth-order valence-corrected chi connectivity index (χ4v) is 9.88. The largest absolute Gasteiger partial charge is 0.508 e. The number of nitrogens with one attached hydrogen (secondary N) is 6. The first-order valence-electron chi connectivity index (χ1n) is 34.0. The maximum Gasteiger partial charge on any atom is 0.508 e. The Kier molecular flexibility index (Phi) is 38.2. The standard InChI is InChI=1S/C67H103N9O30/c1-16-22-90-28-30-94-32-33-95-31-29-91-23-17-51(80)76(20-26-92-24-18-68-49(78)38-96-54(47-36-98-63(86)102-47)53-40(2)43(34-45(100-53)57(81)88-14)70-41(3)71-60(83)104-65(5,6)7)21-27-93-25-19-69-50(79)39-97-55(48-37-99-64(87)103-48)56-52(72-42(4)77)44(35-46(101-56)58(82)89-15)73-59(74-61(84)105-66(8,9)10)75-62(85)106-67(11,12)13/h1,34-35,40,43-44,47-48,52-56H,17-33,36-39H2,2-15H3,(H,68,78)(H,69,79)(H,72,77)(H,70,71,83)(H2,73,74,75,84,85)/t40-,43+,44+,47+,48+,52-,53-,54+,55+,56-/m0/s1. The highest BCUT2D eigenvalue weighted by Crippen LogP contribution is 2.32. The molecule has 10 atom stereocenters. The van der Waals surface area contributed by atoms with Crippen LogP contribution in [0.1, 0.15) is 89.5 Å². The molecule has 0 aromatic rings. The first-order valence-corrected chi connectivity index (χ1v) is 34.0. The van der Waals surface area contributed by atoms with Crippen LogP contribution < -0.4 is 31.9 Å². The topological polar surface area (TPSA) is 463 Å². The summed E-state index contributed by atoms with van der Waals surface area (Å²) in [5.41, 5.74) is -2.89. The molecule has 2 fully saturated rings. The van der Waals surface area contributed by atoms with Gasteiger partial charge in [0.1, 0.15) is 74.0 Å². The number of hydrogen-bond acceptors (Lipinski definition) is 30. The molecule has 106 heavy (non-hydrogen) atoms. The molecule has 4 heterocycles. The Morgan fingerprint density at radius 1 is 0.575 bits per heavy atom. The van der Waals surface area contributed by atoms with Gasteiger partial charge in [0.2, 0.25) is 41.1 Å². The molecule has 0 bridgehead atoms. The number of guanidine groups is 1. The minimum atomic E-state index is -1.55. The highest BCUT2D eigenvalue weighted by Gasteiger charge is 2.50. The van der Waals surface area contributed by atoms with E-state index in [4.69, 9.17) is 96.4 Å². The van der Waals surface area contributed by atoms with Crippen molar-refractivity contribution in [2.75, 3.05) is 146 Å². The lowest BCUT2D eigenvalue weighted by molar-refractivity contribution is -0.156. The van der Waals surface area contributed by atoms with Crippen LogP contribution in [0.4, 0.5) is 24.0 Å². The number of cyclic esters (lactones) is 4. The molecule has 2 saturated heterocycles. The molecule has 4 aliphatic rings. The molecule has 39 heteroatoms. The molecule has 0 radical (unpaired) electrons. The van der Waals surface area contributed by atoms with Crippen molar-refractivity contribution in [3.05, 3.63) is 23.7 Å². The van der Waals surface area contributed by atoms with Crippen LogP contribution >= 0.6 is 0 Å². The fourth-order valence-electron chi connectivity index (χ4n) is 9.88. The van der Waals surface area contributed by atoms with Crippen molar-refractivity contribution >= 4 is 78.0 Å². The number of methoxy groups -OCH3 is 2. The Bertz CT molecular complexity index is 3100. The van der Waals surface area contributed by atoms with E-state index in [2.05, 4.69) is 47.8 Å². The molecule has 6 N–H and O–H groups in total. The van der Waals surface area contributed by atoms with Crippen LogP contribution in [0.5, 0.6) is 0 Å². The van der Waals surface area contributed by atoms with Gasteiger partial charge in [0, 0.05) is 39.0 Å². The molecule has 596 valence electrons. The van der Waals surface area contributed by atoms with Crippen molar-refractivity contribution in [2.24, 2.45) is 15.9 Å². The predicted molar refractivity (Wildman–Crippen MR) is 366 cm³/mol. The number of nitrogens with zero attached hydrogens (tertiary/aromatic N) is 3. The fraction of sp³-hybridized carbons (Fsp3) is 0.716. The minimum absolute atomic E-state index is 0.00298. The highest BCUT2D eigenvalue weighted by atomic mass is 16.8. The predicted octanol–water partition coefficient (Wildman–Crippen LogP) is 1.15. The van der Waals surface area contributed by atoms with E-state index >= 15 is 0 Å². The van der Waals surface area contributed by atoms with Crippen molar-refractivity contribution in [1.82, 2.24) is 36.8 Å². The molecule has 0 unspecified atom stereocenters. The van der Waals surface area contributed by atoms with Gasteiger partial charge in [0.25, 0.3) is 0 Å². The van der Waals surface area contributed by atoms with Crippen LogP contribution in [0.2, 0.25) is 0 Å². The monoisotopic (exact) mass is 1510 g/mol. The van der Waals surface area contributed by atoms with E-state index in [1.54, 1.807) is 69.2 Å². The number of aliphatic imine (C=N–C) groups is 2. The third-order valence-corrected chi connectivity index (χ3v) is 14.4. The van der Waals surface area contributed by atoms with Crippen LogP contribution in [-0.4, -0.2) is 301 Å². The maximum absolute atomic E-state index is 13.7. The van der Waals surface area contributed by atoms with Gasteiger partial charge in [-0.3, -0.25) is 24.5 Å². The molecular formula is C67H103N9O30. The first-order chi connectivity index (χ1) is 50.1. The average Bonchev–Trinajstić information content (AvgIpc) is 1.18. The number of amidine groups is 1. The van der Waals surface area contributed by atoms with Gasteiger partial charge in [-0.15, -0.1) is 11.4 Å². The van der Waals surface area contributed by atoms with E-state index in [0.717, 1.165) is 27.2 Å². The molecule has 4 rings (SSSR count). The van der Waals surface area contributed by atoms with E-state index in [1.165, 1.54) is 17.9 Å². The second-order valence-corrected chi connectivity index (χ2v) is 26.5. The summed E-state index contributed by atoms with van der Waals surface area (Å²) >= 11 is 0. The summed E-state index contributed by atoms with van der Waals surface area (Å²) in [6.45, 7) is 18.7. The zero-order valence-corrected chi connectivity index (χ0v) is 62.4. The molecule has 0 saturated carbocycles. The lowest BCUT2D eigenvalue weighted by Gasteiger charge is -2.41. The zero-order valence-electron chi connectivity index (χ0n) is 62.4. The first kappa shape index (κ1) is 89.2. The van der Waals surface area contributed by atoms with Crippen LogP contribution in [0.15, 0.2) is 33.7 Å². The van der Waals surface area contributed by atoms with Gasteiger partial charge < -0.3 is 121 Å². The summed E-state index contributed by atoms with van der Waals surface area (Å²) in [5, 5.41) is 16.2. The molecule has 4 aliphatic heterocycles. The highest BCUT2D eigenvalue weighted by molar-refractivity contribution is 5.99. The van der Waals surface area contributed by atoms with E-state index < -0.39 is 169 Å². The van der Waals surface area contributed by atoms with Crippen LogP contribution in [0, 0.1) is 18.3 Å². The molecular weight excluding hydrogens is 1410 g/mol. The SMILES string of the molecule is C#CCOCCOCCOCCOCCC(=O)N(CCOCCNC(=O)CO[C@@H]([C@H]1OC(C(=O)OC)=C[C@@H](N/C(C)=N/C(=O)OC(C)(C)C)[C@@H]1C)[C@H]1COC(=O)O1)CCOCCNC(=O)CO[C@@H]([C@H]1OC(C(=O)OC)=C[C@@H](N/C(=N\C(=O)OC(C)(C)C)NC(=O)OC(C)(C)C)[C@@H]1NC(C)=O)[C@H]1COC(=O)O1. The number of amides is 7.